The number of pyridine rings is 2. The molecular weight excluding hydrogens is 479 g/mol. The van der Waals surface area contributed by atoms with Crippen LogP contribution in [0.25, 0.3) is 33.3 Å². The molecular formula is C27H26F3N7. The number of anilines is 1. The Kier molecular flexibility index (Phi) is 4.36. The van der Waals surface area contributed by atoms with Crippen molar-refractivity contribution in [1.82, 2.24) is 30.2 Å². The van der Waals surface area contributed by atoms with Crippen molar-refractivity contribution in [1.29, 1.82) is 0 Å². The summed E-state index contributed by atoms with van der Waals surface area (Å²) in [5.74, 6) is 1.76. The Labute approximate surface area is 210 Å². The minimum atomic E-state index is -4.49. The summed E-state index contributed by atoms with van der Waals surface area (Å²) in [5, 5.41) is 5.20. The number of hydrogen-bond acceptors (Lipinski definition) is 6. The van der Waals surface area contributed by atoms with E-state index in [9.17, 15) is 13.2 Å². The predicted molar refractivity (Wildman–Crippen MR) is 133 cm³/mol. The molecule has 4 aliphatic rings. The molecule has 1 spiro atoms. The van der Waals surface area contributed by atoms with Gasteiger partial charge in [0.05, 0.1) is 11.7 Å². The van der Waals surface area contributed by atoms with E-state index in [-0.39, 0.29) is 11.1 Å². The van der Waals surface area contributed by atoms with Crippen LogP contribution in [-0.2, 0) is 6.18 Å². The summed E-state index contributed by atoms with van der Waals surface area (Å²) in [6.07, 6.45) is 7.70. The van der Waals surface area contributed by atoms with Gasteiger partial charge in [-0.3, -0.25) is 4.98 Å². The van der Waals surface area contributed by atoms with Crippen LogP contribution in [0, 0.1) is 5.41 Å². The minimum absolute atomic E-state index is 0.176. The lowest BCUT2D eigenvalue weighted by Crippen LogP contribution is -2.54. The van der Waals surface area contributed by atoms with Crippen LogP contribution in [0.15, 0.2) is 30.7 Å². The fourth-order valence-corrected chi connectivity index (χ4v) is 7.54. The summed E-state index contributed by atoms with van der Waals surface area (Å²) in [6, 6.07) is 3.57. The molecule has 0 aromatic carbocycles. The molecule has 4 aromatic rings. The lowest BCUT2D eigenvalue weighted by atomic mass is 9.56. The van der Waals surface area contributed by atoms with Crippen LogP contribution < -0.4 is 10.2 Å². The molecule has 7 nitrogen and oxygen atoms in total. The van der Waals surface area contributed by atoms with E-state index in [0.717, 1.165) is 61.6 Å². The number of nitrogens with one attached hydrogen (secondary N) is 2. The highest BCUT2D eigenvalue weighted by Gasteiger charge is 2.54. The van der Waals surface area contributed by atoms with E-state index in [0.29, 0.717) is 34.8 Å². The van der Waals surface area contributed by atoms with Crippen molar-refractivity contribution < 1.29 is 13.2 Å². The van der Waals surface area contributed by atoms with Crippen molar-refractivity contribution in [2.24, 2.45) is 5.41 Å². The Morgan fingerprint density at radius 1 is 1.08 bits per heavy atom. The molecule has 4 unspecified atom stereocenters. The van der Waals surface area contributed by atoms with E-state index in [4.69, 9.17) is 9.97 Å². The standard InChI is InChI=1S/C27H26F3N7/c28-27(29,30)21-10-15-14(5-9-33-23(15)35-21)24-34-19-12-31-11-16-17-3-6-26(17)7-4-18-20(2-1-8-32-18)37(13-26)25(36-24)22(16)19/h5,9-12,17-18,20,32H,1-4,6-8,13H2,(H,33,35). The average Bonchev–Trinajstić information content (AvgIpc) is 3.22. The normalized spacial score (nSPS) is 28.8. The van der Waals surface area contributed by atoms with E-state index >= 15 is 0 Å². The number of rotatable bonds is 1. The molecule has 0 radical (unpaired) electrons. The summed E-state index contributed by atoms with van der Waals surface area (Å²) in [5.41, 5.74) is 2.08. The Bertz CT molecular complexity index is 1560. The zero-order chi connectivity index (χ0) is 24.9. The molecule has 37 heavy (non-hydrogen) atoms. The minimum Gasteiger partial charge on any atom is -0.351 e. The van der Waals surface area contributed by atoms with Gasteiger partial charge in [-0.15, -0.1) is 0 Å². The molecule has 10 heteroatoms. The largest absolute Gasteiger partial charge is 0.431 e. The molecule has 4 atom stereocenters. The highest BCUT2D eigenvalue weighted by atomic mass is 19.4. The highest BCUT2D eigenvalue weighted by Crippen LogP contribution is 2.61. The van der Waals surface area contributed by atoms with Gasteiger partial charge in [0.15, 0.2) is 5.82 Å². The third-order valence-electron chi connectivity index (χ3n) is 9.40. The summed E-state index contributed by atoms with van der Waals surface area (Å²) in [7, 11) is 0. The van der Waals surface area contributed by atoms with E-state index in [1.165, 1.54) is 24.6 Å². The lowest BCUT2D eigenvalue weighted by molar-refractivity contribution is -0.140. The van der Waals surface area contributed by atoms with Crippen molar-refractivity contribution in [2.75, 3.05) is 18.0 Å². The fourth-order valence-electron chi connectivity index (χ4n) is 7.54. The second kappa shape index (κ2) is 7.40. The van der Waals surface area contributed by atoms with Gasteiger partial charge in [0.1, 0.15) is 17.2 Å². The van der Waals surface area contributed by atoms with Crippen LogP contribution in [0.4, 0.5) is 19.0 Å². The van der Waals surface area contributed by atoms with E-state index in [1.54, 1.807) is 12.3 Å². The molecule has 4 aromatic heterocycles. The molecule has 8 rings (SSSR count). The number of piperidine rings is 1. The van der Waals surface area contributed by atoms with E-state index in [1.807, 2.05) is 6.20 Å². The molecule has 3 aliphatic heterocycles. The molecule has 2 N–H and O–H groups in total. The monoisotopic (exact) mass is 505 g/mol. The van der Waals surface area contributed by atoms with Gasteiger partial charge >= 0.3 is 6.18 Å². The molecule has 0 amide bonds. The van der Waals surface area contributed by atoms with Gasteiger partial charge in [0.2, 0.25) is 0 Å². The van der Waals surface area contributed by atoms with Crippen molar-refractivity contribution in [2.45, 2.75) is 62.7 Å². The molecule has 3 fully saturated rings. The molecule has 2 bridgehead atoms. The number of H-pyrrole nitrogens is 1. The summed E-state index contributed by atoms with van der Waals surface area (Å²) in [6.45, 7) is 2.00. The van der Waals surface area contributed by atoms with Crippen molar-refractivity contribution >= 4 is 27.8 Å². The van der Waals surface area contributed by atoms with Crippen molar-refractivity contribution in [3.63, 3.8) is 0 Å². The molecule has 1 saturated carbocycles. The van der Waals surface area contributed by atoms with Gasteiger partial charge in [-0.25, -0.2) is 15.0 Å². The van der Waals surface area contributed by atoms with Gasteiger partial charge < -0.3 is 15.2 Å². The number of aromatic amines is 1. The van der Waals surface area contributed by atoms with E-state index in [2.05, 4.69) is 25.2 Å². The maximum Gasteiger partial charge on any atom is 0.431 e. The zero-order valence-electron chi connectivity index (χ0n) is 20.1. The van der Waals surface area contributed by atoms with Gasteiger partial charge in [-0.2, -0.15) is 13.2 Å². The third kappa shape index (κ3) is 3.05. The third-order valence-corrected chi connectivity index (χ3v) is 9.40. The number of hydrogen-bond donors (Lipinski definition) is 2. The van der Waals surface area contributed by atoms with Crippen LogP contribution in [-0.4, -0.2) is 50.1 Å². The Morgan fingerprint density at radius 3 is 2.81 bits per heavy atom. The number of nitrogens with zero attached hydrogens (tertiary/aromatic N) is 5. The molecule has 7 heterocycles. The van der Waals surface area contributed by atoms with Crippen LogP contribution >= 0.6 is 0 Å². The van der Waals surface area contributed by atoms with Gasteiger partial charge in [-0.05, 0) is 74.1 Å². The number of alkyl halides is 3. The summed E-state index contributed by atoms with van der Waals surface area (Å²) in [4.78, 5) is 23.7. The summed E-state index contributed by atoms with van der Waals surface area (Å²) < 4.78 is 40.5. The fraction of sp³-hybridized carbons (Fsp3) is 0.481. The van der Waals surface area contributed by atoms with Crippen molar-refractivity contribution in [3.05, 3.63) is 42.0 Å². The maximum atomic E-state index is 13.5. The quantitative estimate of drug-likeness (QED) is 0.371. The van der Waals surface area contributed by atoms with Gasteiger partial charge in [0.25, 0.3) is 0 Å². The Hall–Kier alpha value is -3.27. The van der Waals surface area contributed by atoms with Crippen LogP contribution in [0.5, 0.6) is 0 Å². The van der Waals surface area contributed by atoms with Crippen LogP contribution in [0.1, 0.15) is 55.7 Å². The highest BCUT2D eigenvalue weighted by molar-refractivity contribution is 5.97. The molecule has 190 valence electrons. The predicted octanol–water partition coefficient (Wildman–Crippen LogP) is 5.19. The maximum absolute atomic E-state index is 13.5. The first-order valence-corrected chi connectivity index (χ1v) is 13.1. The first-order chi connectivity index (χ1) is 17.9. The SMILES string of the molecule is FC(F)(F)c1cc2c(-c3nc4c5c(cncc5n3)C3CCC35CCC3NCCCC3N4C5)ccnc2[nH]1. The van der Waals surface area contributed by atoms with Gasteiger partial charge in [-0.1, -0.05) is 0 Å². The lowest BCUT2D eigenvalue weighted by Gasteiger charge is -2.50. The van der Waals surface area contributed by atoms with Crippen molar-refractivity contribution in [3.8, 4) is 11.4 Å². The number of aromatic nitrogens is 5. The first-order valence-electron chi connectivity index (χ1n) is 13.1. The topological polar surface area (TPSA) is 82.6 Å². The number of fused-ring (bicyclic) bond motifs is 6. The molecule has 1 aliphatic carbocycles. The summed E-state index contributed by atoms with van der Waals surface area (Å²) >= 11 is 0. The Balaban J connectivity index is 1.38. The smallest absolute Gasteiger partial charge is 0.351 e. The zero-order valence-corrected chi connectivity index (χ0v) is 20.1. The first kappa shape index (κ1) is 21.8. The van der Waals surface area contributed by atoms with Gasteiger partial charge in [0, 0.05) is 47.4 Å². The van der Waals surface area contributed by atoms with E-state index < -0.39 is 11.9 Å². The Morgan fingerprint density at radius 2 is 1.97 bits per heavy atom. The number of halogens is 3. The molecule has 2 saturated heterocycles. The van der Waals surface area contributed by atoms with Crippen LogP contribution in [0.2, 0.25) is 0 Å². The average molecular weight is 506 g/mol. The second-order valence-electron chi connectivity index (χ2n) is 11.2. The second-order valence-corrected chi connectivity index (χ2v) is 11.2. The van der Waals surface area contributed by atoms with Crippen LogP contribution in [0.3, 0.4) is 0 Å².